The van der Waals surface area contributed by atoms with Gasteiger partial charge in [0.2, 0.25) is 0 Å². The number of non-ortho nitro benzene ring substituents is 1. The normalized spacial score (nSPS) is 11.1. The molecule has 0 radical (unpaired) electrons. The average molecular weight is 381 g/mol. The molecule has 4 nitrogen and oxygen atoms in total. The molecule has 0 aromatic heterocycles. The molecular formula is C20H15NO3S2. The van der Waals surface area contributed by atoms with Crippen LogP contribution in [0.1, 0.15) is 21.5 Å². The molecule has 26 heavy (non-hydrogen) atoms. The van der Waals surface area contributed by atoms with Gasteiger partial charge >= 0.3 is 0 Å². The zero-order valence-electron chi connectivity index (χ0n) is 13.6. The maximum Gasteiger partial charge on any atom is 0.269 e. The molecule has 0 amide bonds. The zero-order valence-corrected chi connectivity index (χ0v) is 15.3. The van der Waals surface area contributed by atoms with E-state index in [4.69, 9.17) is 0 Å². The fraction of sp³-hybridized carbons (Fsp3) is 0.0500. The lowest BCUT2D eigenvalue weighted by atomic mass is 9.83. The number of carbonyl (C=O) groups is 1. The van der Waals surface area contributed by atoms with Crippen molar-refractivity contribution in [2.75, 3.05) is 0 Å². The summed E-state index contributed by atoms with van der Waals surface area (Å²) in [6.07, 6.45) is 0. The molecule has 3 rings (SSSR count). The van der Waals surface area contributed by atoms with Gasteiger partial charge in [0.25, 0.3) is 5.69 Å². The van der Waals surface area contributed by atoms with Crippen LogP contribution in [0.5, 0.6) is 0 Å². The van der Waals surface area contributed by atoms with Gasteiger partial charge in [0.15, 0.2) is 5.78 Å². The molecule has 0 N–H and O–H groups in total. The fourth-order valence-electron chi connectivity index (χ4n) is 2.86. The van der Waals surface area contributed by atoms with Crippen LogP contribution >= 0.6 is 22.5 Å². The maximum absolute atomic E-state index is 13.5. The van der Waals surface area contributed by atoms with Gasteiger partial charge in [-0.1, -0.05) is 71.5 Å². The lowest BCUT2D eigenvalue weighted by Gasteiger charge is -2.31. The SMILES string of the molecule is O=C(c1ccc([N+](=O)[O-])cc1)C(SS)(c1ccccc1)c1ccccc1. The first kappa shape index (κ1) is 18.2. The minimum absolute atomic E-state index is 0.0508. The van der Waals surface area contributed by atoms with Crippen molar-refractivity contribution in [2.45, 2.75) is 4.75 Å². The third-order valence-corrected chi connectivity index (χ3v) is 5.91. The number of thiol groups is 1. The number of nitro benzene ring substituents is 1. The third kappa shape index (κ3) is 3.25. The van der Waals surface area contributed by atoms with Gasteiger partial charge in [-0.25, -0.2) is 0 Å². The van der Waals surface area contributed by atoms with Crippen LogP contribution in [-0.4, -0.2) is 10.7 Å². The van der Waals surface area contributed by atoms with Crippen molar-refractivity contribution >= 4 is 33.9 Å². The molecule has 0 fully saturated rings. The van der Waals surface area contributed by atoms with Crippen molar-refractivity contribution in [3.63, 3.8) is 0 Å². The van der Waals surface area contributed by atoms with Crippen LogP contribution in [0.2, 0.25) is 0 Å². The summed E-state index contributed by atoms with van der Waals surface area (Å²) in [5, 5.41) is 10.9. The van der Waals surface area contributed by atoms with Crippen molar-refractivity contribution in [3.8, 4) is 0 Å². The molecule has 0 aliphatic rings. The zero-order chi connectivity index (χ0) is 18.6. The predicted molar refractivity (Wildman–Crippen MR) is 108 cm³/mol. The highest BCUT2D eigenvalue weighted by molar-refractivity contribution is 8.69. The Morgan fingerprint density at radius 2 is 1.31 bits per heavy atom. The molecular weight excluding hydrogens is 366 g/mol. The monoisotopic (exact) mass is 381 g/mol. The first-order chi connectivity index (χ1) is 12.6. The smallest absolute Gasteiger partial charge is 0.269 e. The Bertz CT molecular complexity index is 873. The number of Topliss-reactive ketones (excluding diaryl/α,β-unsaturated/α-hetero) is 1. The van der Waals surface area contributed by atoms with Crippen molar-refractivity contribution in [3.05, 3.63) is 112 Å². The average Bonchev–Trinajstić information content (AvgIpc) is 2.70. The molecule has 0 aliphatic heterocycles. The van der Waals surface area contributed by atoms with Crippen molar-refractivity contribution in [1.82, 2.24) is 0 Å². The van der Waals surface area contributed by atoms with E-state index in [1.165, 1.54) is 24.3 Å². The highest BCUT2D eigenvalue weighted by Crippen LogP contribution is 2.47. The summed E-state index contributed by atoms with van der Waals surface area (Å²) in [6, 6.07) is 24.5. The molecule has 3 aromatic carbocycles. The Kier molecular flexibility index (Phi) is 5.44. The number of hydrogen-bond acceptors (Lipinski definition) is 5. The number of benzene rings is 3. The van der Waals surface area contributed by atoms with Gasteiger partial charge in [0, 0.05) is 17.7 Å². The van der Waals surface area contributed by atoms with E-state index < -0.39 is 9.67 Å². The van der Waals surface area contributed by atoms with E-state index in [2.05, 4.69) is 11.7 Å². The molecule has 0 saturated heterocycles. The van der Waals surface area contributed by atoms with Crippen LogP contribution in [0.15, 0.2) is 84.9 Å². The van der Waals surface area contributed by atoms with Gasteiger partial charge in [-0.2, -0.15) is 0 Å². The van der Waals surface area contributed by atoms with E-state index in [1.807, 2.05) is 60.7 Å². The Labute approximate surface area is 160 Å². The Balaban J connectivity index is 2.17. The first-order valence-electron chi connectivity index (χ1n) is 7.82. The number of rotatable bonds is 6. The molecule has 0 heterocycles. The highest BCUT2D eigenvalue weighted by Gasteiger charge is 2.42. The standard InChI is InChI=1S/C20H15NO3S2/c22-19(15-11-13-18(14-12-15)21(23)24)20(26-25,16-7-3-1-4-8-16)17-9-5-2-6-10-17/h1-14,25H. The number of carbonyl (C=O) groups excluding carboxylic acids is 1. The topological polar surface area (TPSA) is 60.2 Å². The summed E-state index contributed by atoms with van der Waals surface area (Å²) < 4.78 is -1.05. The predicted octanol–water partition coefficient (Wildman–Crippen LogP) is 5.30. The van der Waals surface area contributed by atoms with Crippen LogP contribution in [0.3, 0.4) is 0 Å². The van der Waals surface area contributed by atoms with Crippen molar-refractivity contribution in [2.24, 2.45) is 0 Å². The summed E-state index contributed by atoms with van der Waals surface area (Å²) in [5.74, 6) is -0.176. The van der Waals surface area contributed by atoms with Gasteiger partial charge in [-0.3, -0.25) is 14.9 Å². The van der Waals surface area contributed by atoms with Gasteiger partial charge in [0.05, 0.1) is 4.92 Å². The van der Waals surface area contributed by atoms with E-state index >= 15 is 0 Å². The minimum atomic E-state index is -1.05. The Hall–Kier alpha value is -2.57. The van der Waals surface area contributed by atoms with Crippen molar-refractivity contribution in [1.29, 1.82) is 0 Å². The summed E-state index contributed by atoms with van der Waals surface area (Å²) in [5.41, 5.74) is 1.94. The number of ketones is 1. The molecule has 0 atom stereocenters. The van der Waals surface area contributed by atoms with Crippen LogP contribution in [0.4, 0.5) is 5.69 Å². The van der Waals surface area contributed by atoms with E-state index in [0.717, 1.165) is 21.9 Å². The molecule has 0 bridgehead atoms. The number of hydrogen-bond donors (Lipinski definition) is 1. The molecule has 6 heteroatoms. The van der Waals surface area contributed by atoms with E-state index in [9.17, 15) is 14.9 Å². The van der Waals surface area contributed by atoms with Gasteiger partial charge in [0.1, 0.15) is 4.75 Å². The third-order valence-electron chi connectivity index (χ3n) is 4.16. The second kappa shape index (κ2) is 7.76. The molecule has 0 spiro atoms. The van der Waals surface area contributed by atoms with E-state index in [0.29, 0.717) is 5.56 Å². The fourth-order valence-corrected chi connectivity index (χ4v) is 4.42. The van der Waals surface area contributed by atoms with Crippen LogP contribution in [0.25, 0.3) is 0 Å². The van der Waals surface area contributed by atoms with Gasteiger partial charge in [-0.05, 0) is 23.3 Å². The van der Waals surface area contributed by atoms with Crippen LogP contribution in [0, 0.1) is 10.1 Å². The largest absolute Gasteiger partial charge is 0.292 e. The number of nitrogens with zero attached hydrogens (tertiary/aromatic N) is 1. The molecule has 0 saturated carbocycles. The van der Waals surface area contributed by atoms with Crippen molar-refractivity contribution < 1.29 is 9.72 Å². The number of nitro groups is 1. The molecule has 130 valence electrons. The molecule has 0 aliphatic carbocycles. The minimum Gasteiger partial charge on any atom is -0.292 e. The quantitative estimate of drug-likeness (QED) is 0.207. The van der Waals surface area contributed by atoms with Gasteiger partial charge in [-0.15, -0.1) is 11.7 Å². The second-order valence-electron chi connectivity index (χ2n) is 5.64. The summed E-state index contributed by atoms with van der Waals surface area (Å²) in [6.45, 7) is 0. The van der Waals surface area contributed by atoms with E-state index in [-0.39, 0.29) is 11.5 Å². The Morgan fingerprint density at radius 1 is 0.846 bits per heavy atom. The highest BCUT2D eigenvalue weighted by atomic mass is 33.1. The summed E-state index contributed by atoms with van der Waals surface area (Å²) in [4.78, 5) is 23.9. The van der Waals surface area contributed by atoms with Crippen LogP contribution < -0.4 is 0 Å². The van der Waals surface area contributed by atoms with E-state index in [1.54, 1.807) is 0 Å². The van der Waals surface area contributed by atoms with Gasteiger partial charge < -0.3 is 0 Å². The lowest BCUT2D eigenvalue weighted by Crippen LogP contribution is -2.33. The molecule has 0 unspecified atom stereocenters. The molecule has 3 aromatic rings. The summed E-state index contributed by atoms with van der Waals surface area (Å²) >= 11 is 4.45. The Morgan fingerprint density at radius 3 is 1.69 bits per heavy atom. The summed E-state index contributed by atoms with van der Waals surface area (Å²) in [7, 11) is 1.15. The second-order valence-corrected chi connectivity index (χ2v) is 6.98. The maximum atomic E-state index is 13.5. The van der Waals surface area contributed by atoms with Crippen LogP contribution in [-0.2, 0) is 4.75 Å². The lowest BCUT2D eigenvalue weighted by molar-refractivity contribution is -0.384. The first-order valence-corrected chi connectivity index (χ1v) is 9.69.